The van der Waals surface area contributed by atoms with Gasteiger partial charge in [-0.2, -0.15) is 0 Å². The summed E-state index contributed by atoms with van der Waals surface area (Å²) in [6.45, 7) is 0. The number of hydrogen-bond donors (Lipinski definition) is 1. The zero-order valence-electron chi connectivity index (χ0n) is 6.47. The Morgan fingerprint density at radius 3 is 2.92 bits per heavy atom. The lowest BCUT2D eigenvalue weighted by Gasteiger charge is -1.91. The summed E-state index contributed by atoms with van der Waals surface area (Å²) in [4.78, 5) is 13.6. The van der Waals surface area contributed by atoms with Gasteiger partial charge in [0.25, 0.3) is 5.24 Å². The van der Waals surface area contributed by atoms with Crippen molar-refractivity contribution < 1.29 is 9.18 Å². The first-order valence-corrected chi connectivity index (χ1v) is 4.03. The third-order valence-electron chi connectivity index (χ3n) is 1.86. The summed E-state index contributed by atoms with van der Waals surface area (Å²) >= 11 is 5.31. The molecule has 0 aliphatic heterocycles. The number of nitrogens with one attached hydrogen (secondary N) is 1. The Hall–Kier alpha value is -1.35. The number of rotatable bonds is 1. The van der Waals surface area contributed by atoms with Crippen LogP contribution in [0.3, 0.4) is 0 Å². The first-order valence-electron chi connectivity index (χ1n) is 3.65. The van der Waals surface area contributed by atoms with Gasteiger partial charge in [-0.1, -0.05) is 0 Å². The Balaban J connectivity index is 2.76. The summed E-state index contributed by atoms with van der Waals surface area (Å²) in [5, 5.41) is 0.0965. The number of aromatic nitrogens is 1. The van der Waals surface area contributed by atoms with Crippen molar-refractivity contribution in [1.29, 1.82) is 0 Å². The Labute approximate surface area is 78.3 Å². The molecule has 0 saturated carbocycles. The first kappa shape index (κ1) is 8.26. The van der Waals surface area contributed by atoms with Crippen molar-refractivity contribution in [2.24, 2.45) is 0 Å². The van der Waals surface area contributed by atoms with Crippen LogP contribution in [0.4, 0.5) is 4.39 Å². The van der Waals surface area contributed by atoms with E-state index in [4.69, 9.17) is 11.6 Å². The topological polar surface area (TPSA) is 32.9 Å². The molecule has 0 saturated heterocycles. The van der Waals surface area contributed by atoms with Gasteiger partial charge >= 0.3 is 0 Å². The first-order chi connectivity index (χ1) is 6.18. The van der Waals surface area contributed by atoms with Gasteiger partial charge < -0.3 is 4.98 Å². The van der Waals surface area contributed by atoms with Gasteiger partial charge in [0, 0.05) is 17.1 Å². The number of carbonyl (C=O) groups excluding carboxylic acids is 1. The zero-order chi connectivity index (χ0) is 9.42. The monoisotopic (exact) mass is 197 g/mol. The van der Waals surface area contributed by atoms with E-state index < -0.39 is 5.24 Å². The number of carbonyl (C=O) groups is 1. The van der Waals surface area contributed by atoms with E-state index in [1.165, 1.54) is 24.4 Å². The molecule has 13 heavy (non-hydrogen) atoms. The lowest BCUT2D eigenvalue weighted by atomic mass is 10.2. The second-order valence-electron chi connectivity index (χ2n) is 2.67. The van der Waals surface area contributed by atoms with Crippen LogP contribution in [-0.2, 0) is 0 Å². The molecule has 0 aliphatic rings. The van der Waals surface area contributed by atoms with Gasteiger partial charge in [0.15, 0.2) is 0 Å². The van der Waals surface area contributed by atoms with Crippen molar-refractivity contribution in [3.05, 3.63) is 35.8 Å². The molecular formula is C9H5ClFNO. The SMILES string of the molecule is O=C(Cl)c1c[nH]c2cc(F)ccc12. The maximum Gasteiger partial charge on any atom is 0.254 e. The summed E-state index contributed by atoms with van der Waals surface area (Å²) in [5.41, 5.74) is 0.945. The van der Waals surface area contributed by atoms with Gasteiger partial charge in [-0.25, -0.2) is 4.39 Å². The van der Waals surface area contributed by atoms with Gasteiger partial charge in [-0.15, -0.1) is 0 Å². The molecule has 0 spiro atoms. The molecule has 0 amide bonds. The minimum atomic E-state index is -0.544. The molecular weight excluding hydrogens is 193 g/mol. The minimum Gasteiger partial charge on any atom is -0.360 e. The van der Waals surface area contributed by atoms with Crippen LogP contribution in [0, 0.1) is 5.82 Å². The molecule has 1 heterocycles. The Morgan fingerprint density at radius 2 is 2.23 bits per heavy atom. The fourth-order valence-electron chi connectivity index (χ4n) is 1.26. The van der Waals surface area contributed by atoms with Crippen molar-refractivity contribution in [1.82, 2.24) is 4.98 Å². The van der Waals surface area contributed by atoms with E-state index in [2.05, 4.69) is 4.98 Å². The smallest absolute Gasteiger partial charge is 0.254 e. The summed E-state index contributed by atoms with van der Waals surface area (Å²) in [6.07, 6.45) is 1.47. The molecule has 2 rings (SSSR count). The number of benzene rings is 1. The fourth-order valence-corrected chi connectivity index (χ4v) is 1.42. The van der Waals surface area contributed by atoms with Crippen LogP contribution in [0.25, 0.3) is 10.9 Å². The number of halogens is 2. The molecule has 0 fully saturated rings. The van der Waals surface area contributed by atoms with Crippen LogP contribution in [0.2, 0.25) is 0 Å². The molecule has 1 aromatic carbocycles. The molecule has 2 aromatic rings. The van der Waals surface area contributed by atoms with Gasteiger partial charge in [0.05, 0.1) is 5.56 Å². The summed E-state index contributed by atoms with van der Waals surface area (Å²) in [7, 11) is 0. The maximum absolute atomic E-state index is 12.7. The quantitative estimate of drug-likeness (QED) is 0.701. The average Bonchev–Trinajstić information content (AvgIpc) is 2.46. The number of aromatic amines is 1. The van der Waals surface area contributed by atoms with E-state index in [9.17, 15) is 9.18 Å². The van der Waals surface area contributed by atoms with Crippen molar-refractivity contribution >= 4 is 27.7 Å². The lowest BCUT2D eigenvalue weighted by molar-refractivity contribution is 0.108. The molecule has 0 unspecified atom stereocenters. The maximum atomic E-state index is 12.7. The van der Waals surface area contributed by atoms with Crippen LogP contribution in [-0.4, -0.2) is 10.2 Å². The van der Waals surface area contributed by atoms with E-state index in [0.29, 0.717) is 16.5 Å². The van der Waals surface area contributed by atoms with Crippen LogP contribution in [0.1, 0.15) is 10.4 Å². The minimum absolute atomic E-state index is 0.345. The highest BCUT2D eigenvalue weighted by molar-refractivity contribution is 6.68. The van der Waals surface area contributed by atoms with Gasteiger partial charge in [0.2, 0.25) is 0 Å². The zero-order valence-corrected chi connectivity index (χ0v) is 7.23. The van der Waals surface area contributed by atoms with Crippen molar-refractivity contribution in [2.45, 2.75) is 0 Å². The van der Waals surface area contributed by atoms with Crippen molar-refractivity contribution in [2.75, 3.05) is 0 Å². The number of H-pyrrole nitrogens is 1. The number of hydrogen-bond acceptors (Lipinski definition) is 1. The highest BCUT2D eigenvalue weighted by Crippen LogP contribution is 2.20. The van der Waals surface area contributed by atoms with Gasteiger partial charge in [0.1, 0.15) is 5.82 Å². The van der Waals surface area contributed by atoms with E-state index in [1.54, 1.807) is 0 Å². The summed E-state index contributed by atoms with van der Waals surface area (Å²) in [6, 6.07) is 4.13. The molecule has 0 bridgehead atoms. The van der Waals surface area contributed by atoms with E-state index in [1.807, 2.05) is 0 Å². The largest absolute Gasteiger partial charge is 0.360 e. The van der Waals surface area contributed by atoms with E-state index in [-0.39, 0.29) is 5.82 Å². The molecule has 2 nitrogen and oxygen atoms in total. The Bertz CT molecular complexity index is 477. The third-order valence-corrected chi connectivity index (χ3v) is 2.06. The Kier molecular flexibility index (Phi) is 1.81. The van der Waals surface area contributed by atoms with Crippen molar-refractivity contribution in [3.8, 4) is 0 Å². The highest BCUT2D eigenvalue weighted by atomic mass is 35.5. The van der Waals surface area contributed by atoms with Crippen LogP contribution in [0.5, 0.6) is 0 Å². The van der Waals surface area contributed by atoms with Gasteiger partial charge in [-0.3, -0.25) is 4.79 Å². The van der Waals surface area contributed by atoms with Crippen LogP contribution < -0.4 is 0 Å². The molecule has 66 valence electrons. The predicted octanol–water partition coefficient (Wildman–Crippen LogP) is 2.69. The molecule has 1 aromatic heterocycles. The van der Waals surface area contributed by atoms with E-state index in [0.717, 1.165) is 0 Å². The molecule has 0 aliphatic carbocycles. The lowest BCUT2D eigenvalue weighted by Crippen LogP contribution is -1.84. The highest BCUT2D eigenvalue weighted by Gasteiger charge is 2.09. The second-order valence-corrected chi connectivity index (χ2v) is 3.01. The molecule has 0 atom stereocenters. The summed E-state index contributed by atoms with van der Waals surface area (Å²) < 4.78 is 12.7. The van der Waals surface area contributed by atoms with Crippen LogP contribution in [0.15, 0.2) is 24.4 Å². The normalized spacial score (nSPS) is 10.6. The standard InChI is InChI=1S/C9H5ClFNO/c10-9(13)7-4-12-8-3-5(11)1-2-6(7)8/h1-4,12H. The van der Waals surface area contributed by atoms with Crippen molar-refractivity contribution in [3.63, 3.8) is 0 Å². The summed E-state index contributed by atoms with van der Waals surface area (Å²) in [5.74, 6) is -0.345. The second kappa shape index (κ2) is 2.85. The average molecular weight is 198 g/mol. The van der Waals surface area contributed by atoms with Gasteiger partial charge in [-0.05, 0) is 29.8 Å². The predicted molar refractivity (Wildman–Crippen MR) is 48.4 cm³/mol. The van der Waals surface area contributed by atoms with E-state index >= 15 is 0 Å². The third kappa shape index (κ3) is 1.31. The Morgan fingerprint density at radius 1 is 1.46 bits per heavy atom. The fraction of sp³-hybridized carbons (Fsp3) is 0. The van der Waals surface area contributed by atoms with Crippen LogP contribution >= 0.6 is 11.6 Å². The molecule has 4 heteroatoms. The molecule has 0 radical (unpaired) electrons. The number of fused-ring (bicyclic) bond motifs is 1. The molecule has 1 N–H and O–H groups in total.